The number of carbonyl (C=O) groups excluding carboxylic acids is 2. The Balaban J connectivity index is 2.21. The normalized spacial score (nSPS) is 11.3. The van der Waals surface area contributed by atoms with Crippen LogP contribution in [0.4, 0.5) is 0 Å². The minimum atomic E-state index is -0.328. The van der Waals surface area contributed by atoms with Gasteiger partial charge in [-0.15, -0.1) is 0 Å². The van der Waals surface area contributed by atoms with E-state index in [4.69, 9.17) is 0 Å². The standard InChI is InChI=1S/C20H28N4O2/c1-7-17-16(12-21-24(17)15-10-8-14(2)9-11-15)19(26)23(6)13-18(25)22-20(3,4)5/h8-12H,7,13H2,1-6H3,(H,22,25). The van der Waals surface area contributed by atoms with Crippen molar-refractivity contribution >= 4 is 11.8 Å². The number of nitrogens with one attached hydrogen (secondary N) is 1. The first-order valence-corrected chi connectivity index (χ1v) is 8.82. The van der Waals surface area contributed by atoms with Crippen molar-refractivity contribution in [2.75, 3.05) is 13.6 Å². The molecule has 6 heteroatoms. The van der Waals surface area contributed by atoms with E-state index in [0.29, 0.717) is 12.0 Å². The van der Waals surface area contributed by atoms with Crippen LogP contribution in [-0.4, -0.2) is 45.6 Å². The highest BCUT2D eigenvalue weighted by Crippen LogP contribution is 2.18. The zero-order chi connectivity index (χ0) is 19.5. The van der Waals surface area contributed by atoms with E-state index in [1.165, 1.54) is 10.5 Å². The third kappa shape index (κ3) is 4.71. The molecule has 0 saturated carbocycles. The largest absolute Gasteiger partial charge is 0.350 e. The van der Waals surface area contributed by atoms with Crippen LogP contribution < -0.4 is 5.32 Å². The molecule has 6 nitrogen and oxygen atoms in total. The summed E-state index contributed by atoms with van der Waals surface area (Å²) in [4.78, 5) is 26.3. The van der Waals surface area contributed by atoms with Crippen LogP contribution >= 0.6 is 0 Å². The van der Waals surface area contributed by atoms with Crippen LogP contribution in [0.5, 0.6) is 0 Å². The Hall–Kier alpha value is -2.63. The van der Waals surface area contributed by atoms with Gasteiger partial charge in [0.25, 0.3) is 5.91 Å². The van der Waals surface area contributed by atoms with E-state index in [1.807, 2.05) is 58.9 Å². The summed E-state index contributed by atoms with van der Waals surface area (Å²) in [7, 11) is 1.63. The summed E-state index contributed by atoms with van der Waals surface area (Å²) in [6, 6.07) is 7.99. The molecule has 1 N–H and O–H groups in total. The van der Waals surface area contributed by atoms with Gasteiger partial charge < -0.3 is 10.2 Å². The minimum absolute atomic E-state index is 0.00890. The smallest absolute Gasteiger partial charge is 0.257 e. The van der Waals surface area contributed by atoms with Crippen molar-refractivity contribution in [1.29, 1.82) is 0 Å². The van der Waals surface area contributed by atoms with Gasteiger partial charge in [-0.25, -0.2) is 4.68 Å². The van der Waals surface area contributed by atoms with Crippen LogP contribution in [0.15, 0.2) is 30.5 Å². The molecule has 0 saturated heterocycles. The van der Waals surface area contributed by atoms with E-state index in [2.05, 4.69) is 10.4 Å². The lowest BCUT2D eigenvalue weighted by atomic mass is 10.1. The minimum Gasteiger partial charge on any atom is -0.350 e. The van der Waals surface area contributed by atoms with Crippen LogP contribution in [0, 0.1) is 6.92 Å². The summed E-state index contributed by atoms with van der Waals surface area (Å²) in [5.74, 6) is -0.387. The van der Waals surface area contributed by atoms with Gasteiger partial charge in [-0.3, -0.25) is 9.59 Å². The van der Waals surface area contributed by atoms with E-state index in [0.717, 1.165) is 11.4 Å². The summed E-state index contributed by atoms with van der Waals surface area (Å²) < 4.78 is 1.79. The summed E-state index contributed by atoms with van der Waals surface area (Å²) in [6.45, 7) is 9.76. The Morgan fingerprint density at radius 2 is 1.81 bits per heavy atom. The molecule has 0 bridgehead atoms. The topological polar surface area (TPSA) is 67.2 Å². The van der Waals surface area contributed by atoms with Crippen LogP contribution in [0.25, 0.3) is 5.69 Å². The quantitative estimate of drug-likeness (QED) is 0.896. The number of amides is 2. The molecule has 0 atom stereocenters. The molecule has 1 aromatic heterocycles. The fourth-order valence-electron chi connectivity index (χ4n) is 2.75. The van der Waals surface area contributed by atoms with Crippen LogP contribution in [0.2, 0.25) is 0 Å². The van der Waals surface area contributed by atoms with Crippen molar-refractivity contribution in [2.24, 2.45) is 0 Å². The summed E-state index contributed by atoms with van der Waals surface area (Å²) in [6.07, 6.45) is 2.25. The molecule has 0 fully saturated rings. The van der Waals surface area contributed by atoms with Gasteiger partial charge in [0.05, 0.1) is 29.7 Å². The number of carbonyl (C=O) groups is 2. The van der Waals surface area contributed by atoms with E-state index in [9.17, 15) is 9.59 Å². The Labute approximate surface area is 155 Å². The zero-order valence-electron chi connectivity index (χ0n) is 16.5. The number of hydrogen-bond donors (Lipinski definition) is 1. The molecule has 1 aromatic carbocycles. The van der Waals surface area contributed by atoms with Gasteiger partial charge >= 0.3 is 0 Å². The van der Waals surface area contributed by atoms with Crippen molar-refractivity contribution in [3.8, 4) is 5.69 Å². The Morgan fingerprint density at radius 3 is 2.35 bits per heavy atom. The second kappa shape index (κ2) is 7.72. The molecule has 0 radical (unpaired) electrons. The van der Waals surface area contributed by atoms with Crippen LogP contribution in [-0.2, 0) is 11.2 Å². The fraction of sp³-hybridized carbons (Fsp3) is 0.450. The van der Waals surface area contributed by atoms with Gasteiger partial charge in [0, 0.05) is 12.6 Å². The number of likely N-dealkylation sites (N-methyl/N-ethyl adjacent to an activating group) is 1. The summed E-state index contributed by atoms with van der Waals surface area (Å²) in [5, 5.41) is 7.27. The van der Waals surface area contributed by atoms with Gasteiger partial charge in [-0.05, 0) is 46.2 Å². The molecule has 0 aliphatic carbocycles. The SMILES string of the molecule is CCc1c(C(=O)N(C)CC(=O)NC(C)(C)C)cnn1-c1ccc(C)cc1. The van der Waals surface area contributed by atoms with Crippen molar-refractivity contribution in [3.05, 3.63) is 47.3 Å². The maximum absolute atomic E-state index is 12.8. The molecule has 0 spiro atoms. The number of aryl methyl sites for hydroxylation is 1. The fourth-order valence-corrected chi connectivity index (χ4v) is 2.75. The number of rotatable bonds is 5. The Bertz CT molecular complexity index is 785. The van der Waals surface area contributed by atoms with Crippen molar-refractivity contribution in [2.45, 2.75) is 46.6 Å². The van der Waals surface area contributed by atoms with Gasteiger partial charge in [-0.1, -0.05) is 24.6 Å². The zero-order valence-corrected chi connectivity index (χ0v) is 16.5. The number of benzene rings is 1. The van der Waals surface area contributed by atoms with Crippen LogP contribution in [0.1, 0.15) is 49.3 Å². The average molecular weight is 356 g/mol. The third-order valence-corrected chi connectivity index (χ3v) is 3.95. The molecule has 140 valence electrons. The lowest BCUT2D eigenvalue weighted by Crippen LogP contribution is -2.46. The van der Waals surface area contributed by atoms with E-state index in [-0.39, 0.29) is 23.9 Å². The number of nitrogens with zero attached hydrogens (tertiary/aromatic N) is 3. The lowest BCUT2D eigenvalue weighted by Gasteiger charge is -2.23. The molecule has 2 rings (SSSR count). The second-order valence-electron chi connectivity index (χ2n) is 7.57. The van der Waals surface area contributed by atoms with Crippen molar-refractivity contribution in [3.63, 3.8) is 0 Å². The van der Waals surface area contributed by atoms with E-state index in [1.54, 1.807) is 17.9 Å². The van der Waals surface area contributed by atoms with Crippen molar-refractivity contribution < 1.29 is 9.59 Å². The average Bonchev–Trinajstić information content (AvgIpc) is 2.96. The monoisotopic (exact) mass is 356 g/mol. The number of aromatic nitrogens is 2. The molecule has 0 aliphatic heterocycles. The molecule has 26 heavy (non-hydrogen) atoms. The lowest BCUT2D eigenvalue weighted by molar-refractivity contribution is -0.122. The van der Waals surface area contributed by atoms with Gasteiger partial charge in [0.1, 0.15) is 0 Å². The predicted molar refractivity (Wildman–Crippen MR) is 103 cm³/mol. The molecular formula is C20H28N4O2. The Kier molecular flexibility index (Phi) is 5.85. The van der Waals surface area contributed by atoms with Crippen LogP contribution in [0.3, 0.4) is 0 Å². The predicted octanol–water partition coefficient (Wildman–Crippen LogP) is 2.73. The van der Waals surface area contributed by atoms with Gasteiger partial charge in [0.2, 0.25) is 5.91 Å². The Morgan fingerprint density at radius 1 is 1.19 bits per heavy atom. The number of hydrogen-bond acceptors (Lipinski definition) is 3. The molecule has 0 unspecified atom stereocenters. The van der Waals surface area contributed by atoms with Gasteiger partial charge in [0.15, 0.2) is 0 Å². The maximum Gasteiger partial charge on any atom is 0.257 e. The molecule has 1 heterocycles. The molecule has 2 amide bonds. The molecule has 0 aliphatic rings. The van der Waals surface area contributed by atoms with E-state index >= 15 is 0 Å². The van der Waals surface area contributed by atoms with Gasteiger partial charge in [-0.2, -0.15) is 5.10 Å². The highest BCUT2D eigenvalue weighted by molar-refractivity contribution is 5.97. The highest BCUT2D eigenvalue weighted by Gasteiger charge is 2.23. The first-order valence-electron chi connectivity index (χ1n) is 8.82. The summed E-state index contributed by atoms with van der Waals surface area (Å²) in [5.41, 5.74) is 3.12. The molecule has 2 aromatic rings. The maximum atomic E-state index is 12.8. The third-order valence-electron chi connectivity index (χ3n) is 3.95. The second-order valence-corrected chi connectivity index (χ2v) is 7.57. The molecular weight excluding hydrogens is 328 g/mol. The highest BCUT2D eigenvalue weighted by atomic mass is 16.2. The first kappa shape index (κ1) is 19.7. The van der Waals surface area contributed by atoms with E-state index < -0.39 is 0 Å². The summed E-state index contributed by atoms with van der Waals surface area (Å²) >= 11 is 0. The van der Waals surface area contributed by atoms with Crippen molar-refractivity contribution in [1.82, 2.24) is 20.0 Å². The first-order chi connectivity index (χ1) is 12.1.